The van der Waals surface area contributed by atoms with E-state index in [2.05, 4.69) is 0 Å². The van der Waals surface area contributed by atoms with Gasteiger partial charge in [-0.1, -0.05) is 52.4 Å². The molecule has 0 aromatic heterocycles. The first-order valence-corrected chi connectivity index (χ1v) is 10.6. The second-order valence-electron chi connectivity index (χ2n) is 6.76. The predicted octanol–water partition coefficient (Wildman–Crippen LogP) is 2.00. The average Bonchev–Trinajstić information content (AvgIpc) is 2.71. The summed E-state index contributed by atoms with van der Waals surface area (Å²) < 4.78 is 11.1. The highest BCUT2D eigenvalue weighted by Gasteiger charge is 2.53. The number of benzene rings is 2. The predicted molar refractivity (Wildman–Crippen MR) is 113 cm³/mol. The Balaban J connectivity index is 1.92. The minimum absolute atomic E-state index is 0.258. The van der Waals surface area contributed by atoms with Gasteiger partial charge in [-0.25, -0.2) is 0 Å². The van der Waals surface area contributed by atoms with Crippen LogP contribution >= 0.6 is 34.2 Å². The Morgan fingerprint density at radius 1 is 1.11 bits per heavy atom. The molecule has 8 heteroatoms. The van der Waals surface area contributed by atoms with E-state index in [1.54, 1.807) is 19.2 Å². The summed E-state index contributed by atoms with van der Waals surface area (Å²) in [4.78, 5) is 0. The summed E-state index contributed by atoms with van der Waals surface area (Å²) in [5, 5.41) is 42.2. The molecule has 0 aliphatic carbocycles. The molecule has 2 aromatic rings. The molecule has 0 amide bonds. The first kappa shape index (κ1) is 21.8. The number of halogens is 2. The third kappa shape index (κ3) is 4.16. The normalized spacial score (nSPS) is 30.2. The molecule has 28 heavy (non-hydrogen) atoms. The lowest BCUT2D eigenvalue weighted by Gasteiger charge is -2.45. The summed E-state index contributed by atoms with van der Waals surface area (Å²) in [7, 11) is 1.60. The van der Waals surface area contributed by atoms with Crippen molar-refractivity contribution in [3.63, 3.8) is 0 Å². The smallest absolute Gasteiger partial charge is 0.222 e. The van der Waals surface area contributed by atoms with Gasteiger partial charge in [-0.3, -0.25) is 0 Å². The van der Waals surface area contributed by atoms with E-state index >= 15 is 0 Å². The molecule has 0 unspecified atom stereocenters. The molecule has 2 aromatic carbocycles. The lowest BCUT2D eigenvalue weighted by Crippen LogP contribution is -2.63. The van der Waals surface area contributed by atoms with Crippen LogP contribution in [0.2, 0.25) is 5.02 Å². The van der Waals surface area contributed by atoms with Crippen molar-refractivity contribution in [3.8, 4) is 5.75 Å². The second-order valence-corrected chi connectivity index (χ2v) is 8.05. The number of ether oxygens (including phenoxy) is 2. The van der Waals surface area contributed by atoms with Crippen molar-refractivity contribution in [1.82, 2.24) is 0 Å². The minimum atomic E-state index is -2.16. The molecule has 1 aliphatic heterocycles. The van der Waals surface area contributed by atoms with Gasteiger partial charge in [0.1, 0.15) is 24.1 Å². The van der Waals surface area contributed by atoms with Crippen molar-refractivity contribution in [3.05, 3.63) is 64.2 Å². The van der Waals surface area contributed by atoms with E-state index in [0.717, 1.165) is 16.9 Å². The van der Waals surface area contributed by atoms with Crippen LogP contribution in [0.3, 0.4) is 0 Å². The maximum atomic E-state index is 11.0. The Bertz CT molecular complexity index is 815. The molecule has 0 radical (unpaired) electrons. The average molecular weight is 521 g/mol. The fourth-order valence-corrected chi connectivity index (χ4v) is 4.15. The quantitative estimate of drug-likeness (QED) is 0.356. The lowest BCUT2D eigenvalue weighted by atomic mass is 9.87. The van der Waals surface area contributed by atoms with E-state index in [9.17, 15) is 20.4 Å². The van der Waals surface area contributed by atoms with E-state index in [1.165, 1.54) is 6.07 Å². The van der Waals surface area contributed by atoms with Crippen LogP contribution in [0.1, 0.15) is 16.7 Å². The van der Waals surface area contributed by atoms with Gasteiger partial charge < -0.3 is 29.9 Å². The summed E-state index contributed by atoms with van der Waals surface area (Å²) in [6.45, 7) is 0. The summed E-state index contributed by atoms with van der Waals surface area (Å²) >= 11 is 8.32. The Kier molecular flexibility index (Phi) is 6.86. The zero-order valence-corrected chi connectivity index (χ0v) is 18.0. The molecule has 6 nitrogen and oxygen atoms in total. The van der Waals surface area contributed by atoms with Crippen LogP contribution in [0.25, 0.3) is 0 Å². The molecule has 5 atom stereocenters. The number of aliphatic hydroxyl groups is 4. The van der Waals surface area contributed by atoms with Crippen LogP contribution in [-0.4, -0.2) is 56.4 Å². The van der Waals surface area contributed by atoms with E-state index < -0.39 is 30.2 Å². The largest absolute Gasteiger partial charge is 0.497 e. The van der Waals surface area contributed by atoms with Gasteiger partial charge in [0.25, 0.3) is 0 Å². The molecular formula is C20H22ClIO6. The SMILES string of the molecule is COc1ccc(Cc2cc([C@]3(O)O[C@H](CI)[C@@H](O)[C@H](O)[C@H]3O)ccc2Cl)cc1. The van der Waals surface area contributed by atoms with Crippen molar-refractivity contribution in [1.29, 1.82) is 0 Å². The summed E-state index contributed by atoms with van der Waals surface area (Å²) in [5.41, 5.74) is 1.96. The minimum Gasteiger partial charge on any atom is -0.497 e. The molecule has 3 rings (SSSR count). The Labute approximate surface area is 181 Å². The summed E-state index contributed by atoms with van der Waals surface area (Å²) in [6, 6.07) is 12.3. The highest BCUT2D eigenvalue weighted by Crippen LogP contribution is 2.38. The zero-order valence-electron chi connectivity index (χ0n) is 15.1. The van der Waals surface area contributed by atoms with Crippen molar-refractivity contribution < 1.29 is 29.9 Å². The van der Waals surface area contributed by atoms with Crippen LogP contribution in [0.5, 0.6) is 5.75 Å². The number of hydrogen-bond acceptors (Lipinski definition) is 6. The molecule has 152 valence electrons. The second kappa shape index (κ2) is 8.83. The van der Waals surface area contributed by atoms with E-state index in [1.807, 2.05) is 46.9 Å². The molecule has 1 aliphatic rings. The van der Waals surface area contributed by atoms with Gasteiger partial charge in [0, 0.05) is 15.0 Å². The maximum Gasteiger partial charge on any atom is 0.222 e. The fourth-order valence-electron chi connectivity index (χ4n) is 3.27. The summed E-state index contributed by atoms with van der Waals surface area (Å²) in [5.74, 6) is -1.41. The number of methoxy groups -OCH3 is 1. The molecule has 1 heterocycles. The first-order valence-electron chi connectivity index (χ1n) is 8.72. The maximum absolute atomic E-state index is 11.0. The third-order valence-corrected chi connectivity index (χ3v) is 6.19. The van der Waals surface area contributed by atoms with Gasteiger partial charge in [-0.05, 0) is 41.8 Å². The molecule has 1 saturated heterocycles. The standard InChI is InChI=1S/C20H22ClIO6/c1-27-14-5-2-11(3-6-14)8-12-9-13(4-7-15(12)21)20(26)19(25)18(24)17(23)16(10-22)28-20/h2-7,9,16-19,23-26H,8,10H2,1H3/t16-,17-,18+,19-,20+/m1/s1. The van der Waals surface area contributed by atoms with Crippen LogP contribution < -0.4 is 4.74 Å². The van der Waals surface area contributed by atoms with Crippen molar-refractivity contribution in [2.24, 2.45) is 0 Å². The number of aliphatic hydroxyl groups excluding tert-OH is 3. The van der Waals surface area contributed by atoms with Crippen LogP contribution in [0.15, 0.2) is 42.5 Å². The number of hydrogen-bond donors (Lipinski definition) is 4. The van der Waals surface area contributed by atoms with Crippen molar-refractivity contribution >= 4 is 34.2 Å². The summed E-state index contributed by atoms with van der Waals surface area (Å²) in [6.07, 6.45) is -4.89. The van der Waals surface area contributed by atoms with Crippen LogP contribution in [-0.2, 0) is 16.9 Å². The van der Waals surface area contributed by atoms with Gasteiger partial charge in [-0.15, -0.1) is 0 Å². The van der Waals surface area contributed by atoms with Crippen molar-refractivity contribution in [2.75, 3.05) is 11.5 Å². The van der Waals surface area contributed by atoms with Gasteiger partial charge in [0.2, 0.25) is 5.79 Å². The Morgan fingerprint density at radius 2 is 1.79 bits per heavy atom. The van der Waals surface area contributed by atoms with Gasteiger partial charge in [0.15, 0.2) is 0 Å². The van der Waals surface area contributed by atoms with Gasteiger partial charge >= 0.3 is 0 Å². The molecular weight excluding hydrogens is 499 g/mol. The molecule has 4 N–H and O–H groups in total. The van der Waals surface area contributed by atoms with Crippen LogP contribution in [0, 0.1) is 0 Å². The fraction of sp³-hybridized carbons (Fsp3) is 0.400. The Morgan fingerprint density at radius 3 is 2.39 bits per heavy atom. The number of rotatable bonds is 5. The molecule has 0 saturated carbocycles. The molecule has 0 spiro atoms. The van der Waals surface area contributed by atoms with E-state index in [4.69, 9.17) is 21.1 Å². The monoisotopic (exact) mass is 520 g/mol. The third-order valence-electron chi connectivity index (χ3n) is 4.95. The molecule has 1 fully saturated rings. The highest BCUT2D eigenvalue weighted by atomic mass is 127. The van der Waals surface area contributed by atoms with Crippen LogP contribution in [0.4, 0.5) is 0 Å². The van der Waals surface area contributed by atoms with E-state index in [0.29, 0.717) is 15.9 Å². The lowest BCUT2D eigenvalue weighted by molar-refractivity contribution is -0.350. The van der Waals surface area contributed by atoms with Gasteiger partial charge in [-0.2, -0.15) is 0 Å². The highest BCUT2D eigenvalue weighted by molar-refractivity contribution is 14.1. The van der Waals surface area contributed by atoms with Gasteiger partial charge in [0.05, 0.1) is 13.2 Å². The number of alkyl halides is 1. The Hall–Kier alpha value is -0.940. The zero-order chi connectivity index (χ0) is 20.5. The first-order chi connectivity index (χ1) is 13.3. The molecule has 0 bridgehead atoms. The topological polar surface area (TPSA) is 99.4 Å². The van der Waals surface area contributed by atoms with Crippen molar-refractivity contribution in [2.45, 2.75) is 36.6 Å². The van der Waals surface area contributed by atoms with E-state index in [-0.39, 0.29) is 5.56 Å².